The molecule has 1 aliphatic carbocycles. The zero-order valence-corrected chi connectivity index (χ0v) is 6.30. The van der Waals surface area contributed by atoms with Gasteiger partial charge in [-0.1, -0.05) is 0 Å². The quantitative estimate of drug-likeness (QED) is 0.444. The molecule has 64 valence electrons. The molecule has 1 aliphatic rings. The van der Waals surface area contributed by atoms with Gasteiger partial charge in [-0.3, -0.25) is 14.1 Å². The SMILES string of the molecule is [2H]C1=C([2H])C(=O)C(S(=O)(=O)O)=C([2H])C1=O. The summed E-state index contributed by atoms with van der Waals surface area (Å²) in [6.07, 6.45) is 0. The van der Waals surface area contributed by atoms with Gasteiger partial charge in [0.1, 0.15) is 4.91 Å². The molecule has 0 unspecified atom stereocenters. The molecule has 0 aromatic heterocycles. The van der Waals surface area contributed by atoms with E-state index in [4.69, 9.17) is 8.67 Å². The molecule has 0 heterocycles. The normalized spacial score (nSPS) is 23.9. The van der Waals surface area contributed by atoms with Crippen LogP contribution in [0.5, 0.6) is 0 Å². The molecule has 0 aliphatic heterocycles. The van der Waals surface area contributed by atoms with Crippen molar-refractivity contribution < 1.29 is 26.7 Å². The minimum atomic E-state index is -5.03. The van der Waals surface area contributed by atoms with Gasteiger partial charge in [0, 0.05) is 6.05 Å². The number of hydrogen-bond acceptors (Lipinski definition) is 4. The highest BCUT2D eigenvalue weighted by molar-refractivity contribution is 7.91. The highest BCUT2D eigenvalue weighted by atomic mass is 32.2. The topological polar surface area (TPSA) is 88.5 Å². The first-order valence-corrected chi connectivity index (χ1v) is 4.07. The Bertz CT molecular complexity index is 527. The number of allylic oxidation sites excluding steroid dienone is 4. The monoisotopic (exact) mass is 191 g/mol. The molecule has 0 aromatic carbocycles. The zero-order valence-electron chi connectivity index (χ0n) is 8.49. The van der Waals surface area contributed by atoms with E-state index in [1.807, 2.05) is 0 Å². The third kappa shape index (κ3) is 1.66. The van der Waals surface area contributed by atoms with Crippen molar-refractivity contribution in [2.45, 2.75) is 0 Å². The lowest BCUT2D eigenvalue weighted by Crippen LogP contribution is -2.15. The van der Waals surface area contributed by atoms with Gasteiger partial charge in [-0.2, -0.15) is 8.42 Å². The van der Waals surface area contributed by atoms with E-state index in [9.17, 15) is 18.0 Å². The van der Waals surface area contributed by atoms with Gasteiger partial charge in [-0.15, -0.1) is 0 Å². The van der Waals surface area contributed by atoms with E-state index in [-0.39, 0.29) is 0 Å². The van der Waals surface area contributed by atoms with E-state index in [2.05, 4.69) is 0 Å². The maximum absolute atomic E-state index is 11.1. The van der Waals surface area contributed by atoms with Crippen LogP contribution in [-0.2, 0) is 19.7 Å². The molecule has 12 heavy (non-hydrogen) atoms. The average Bonchev–Trinajstić information content (AvgIpc) is 2.09. The van der Waals surface area contributed by atoms with Gasteiger partial charge < -0.3 is 0 Å². The molecular formula is C6H4O5S. The van der Waals surface area contributed by atoms with E-state index in [0.29, 0.717) is 0 Å². The molecule has 0 aromatic rings. The summed E-state index contributed by atoms with van der Waals surface area (Å²) in [6, 6.07) is -3.50. The Kier molecular flexibility index (Phi) is 1.19. The van der Waals surface area contributed by atoms with Crippen molar-refractivity contribution in [3.05, 3.63) is 23.1 Å². The second-order valence-electron chi connectivity index (χ2n) is 1.84. The van der Waals surface area contributed by atoms with Crippen molar-refractivity contribution >= 4 is 21.7 Å². The molecule has 0 saturated carbocycles. The molecule has 1 N–H and O–H groups in total. The van der Waals surface area contributed by atoms with Crippen LogP contribution in [0.1, 0.15) is 4.11 Å². The second-order valence-corrected chi connectivity index (χ2v) is 3.20. The molecular weight excluding hydrogens is 184 g/mol. The first-order chi connectivity index (χ1) is 6.68. The van der Waals surface area contributed by atoms with E-state index < -0.39 is 44.7 Å². The van der Waals surface area contributed by atoms with Gasteiger partial charge in [0.25, 0.3) is 10.1 Å². The van der Waals surface area contributed by atoms with Crippen LogP contribution in [0.15, 0.2) is 23.1 Å². The molecule has 0 amide bonds. The van der Waals surface area contributed by atoms with E-state index in [0.717, 1.165) is 0 Å². The summed E-state index contributed by atoms with van der Waals surface area (Å²) in [5.41, 5.74) is 0. The lowest BCUT2D eigenvalue weighted by molar-refractivity contribution is -0.114. The first kappa shape index (κ1) is 5.39. The standard InChI is InChI=1S/C6H4O5S/c7-4-1-2-5(8)6(3-4)12(9,10)11/h1-3H,(H,9,10,11)/i1D,2D,3D. The van der Waals surface area contributed by atoms with Crippen molar-refractivity contribution in [2.75, 3.05) is 0 Å². The fraction of sp³-hybridized carbons (Fsp3) is 0. The summed E-state index contributed by atoms with van der Waals surface area (Å²) in [5.74, 6) is -2.90. The maximum atomic E-state index is 11.1. The van der Waals surface area contributed by atoms with E-state index in [1.54, 1.807) is 0 Å². The van der Waals surface area contributed by atoms with E-state index >= 15 is 0 Å². The fourth-order valence-electron chi connectivity index (χ4n) is 0.543. The third-order valence-electron chi connectivity index (χ3n) is 0.981. The molecule has 0 saturated heterocycles. The minimum absolute atomic E-state index is 1.06. The molecule has 0 bridgehead atoms. The Morgan fingerprint density at radius 2 is 1.92 bits per heavy atom. The number of carbonyl (C=O) groups is 2. The van der Waals surface area contributed by atoms with Gasteiger partial charge in [-0.25, -0.2) is 0 Å². The van der Waals surface area contributed by atoms with Crippen LogP contribution in [0.2, 0.25) is 0 Å². The highest BCUT2D eigenvalue weighted by Crippen LogP contribution is 2.10. The largest absolute Gasteiger partial charge is 0.298 e. The van der Waals surface area contributed by atoms with Gasteiger partial charge in [0.15, 0.2) is 11.6 Å². The van der Waals surface area contributed by atoms with Gasteiger partial charge >= 0.3 is 0 Å². The van der Waals surface area contributed by atoms with Crippen molar-refractivity contribution in [1.29, 1.82) is 0 Å². The number of ketones is 2. The lowest BCUT2D eigenvalue weighted by atomic mass is 10.2. The molecule has 5 nitrogen and oxygen atoms in total. The van der Waals surface area contributed by atoms with Crippen LogP contribution in [0.25, 0.3) is 0 Å². The van der Waals surface area contributed by atoms with Crippen LogP contribution >= 0.6 is 0 Å². The van der Waals surface area contributed by atoms with Crippen molar-refractivity contribution in [3.8, 4) is 0 Å². The minimum Gasteiger partial charge on any atom is -0.290 e. The number of carbonyl (C=O) groups excluding carboxylic acids is 2. The van der Waals surface area contributed by atoms with E-state index in [1.165, 1.54) is 0 Å². The summed E-state index contributed by atoms with van der Waals surface area (Å²) in [4.78, 5) is 20.7. The average molecular weight is 191 g/mol. The van der Waals surface area contributed by atoms with Crippen LogP contribution in [0, 0.1) is 0 Å². The van der Waals surface area contributed by atoms with Crippen molar-refractivity contribution in [2.24, 2.45) is 0 Å². The molecule has 1 rings (SSSR count). The summed E-state index contributed by atoms with van der Waals surface area (Å²) in [7, 11) is -5.03. The third-order valence-corrected chi connectivity index (χ3v) is 1.78. The van der Waals surface area contributed by atoms with Gasteiger partial charge in [0.05, 0.1) is 4.11 Å². The van der Waals surface area contributed by atoms with Crippen LogP contribution in [0.4, 0.5) is 0 Å². The van der Waals surface area contributed by atoms with Crippen molar-refractivity contribution in [1.82, 2.24) is 0 Å². The predicted molar refractivity (Wildman–Crippen MR) is 38.8 cm³/mol. The van der Waals surface area contributed by atoms with Gasteiger partial charge in [0.2, 0.25) is 0 Å². The Morgan fingerprint density at radius 3 is 2.42 bits per heavy atom. The predicted octanol–water partition coefficient (Wildman–Crippen LogP) is -0.534. The highest BCUT2D eigenvalue weighted by Gasteiger charge is 2.23. The van der Waals surface area contributed by atoms with Crippen LogP contribution in [-0.4, -0.2) is 24.5 Å². The van der Waals surface area contributed by atoms with Gasteiger partial charge in [-0.05, 0) is 12.1 Å². The molecule has 0 spiro atoms. The maximum Gasteiger partial charge on any atom is 0.298 e. The van der Waals surface area contributed by atoms with Crippen LogP contribution in [0.3, 0.4) is 0 Å². The smallest absolute Gasteiger partial charge is 0.290 e. The Balaban J connectivity index is 3.57. The zero-order chi connectivity index (χ0) is 12.0. The summed E-state index contributed by atoms with van der Waals surface area (Å²) in [6.45, 7) is 0. The van der Waals surface area contributed by atoms with Crippen LogP contribution < -0.4 is 0 Å². The number of hydrogen-bond donors (Lipinski definition) is 1. The molecule has 0 radical (unpaired) electrons. The molecule has 6 heteroatoms. The molecule has 0 atom stereocenters. The molecule has 0 fully saturated rings. The fourth-order valence-corrected chi connectivity index (χ4v) is 1.05. The summed E-state index contributed by atoms with van der Waals surface area (Å²) >= 11 is 0. The Labute approximate surface area is 72.3 Å². The lowest BCUT2D eigenvalue weighted by Gasteiger charge is -2.01. The first-order valence-electron chi connectivity index (χ1n) is 4.13. The van der Waals surface area contributed by atoms with Crippen molar-refractivity contribution in [3.63, 3.8) is 0 Å². The Morgan fingerprint density at radius 1 is 1.33 bits per heavy atom. The Hall–Kier alpha value is -1.27. The second kappa shape index (κ2) is 2.65. The summed E-state index contributed by atoms with van der Waals surface area (Å²) < 4.78 is 50.7. The number of rotatable bonds is 1. The summed E-state index contributed by atoms with van der Waals surface area (Å²) in [5, 5.41) is 0.